The summed E-state index contributed by atoms with van der Waals surface area (Å²) in [5, 5.41) is 1.29. The lowest BCUT2D eigenvalue weighted by molar-refractivity contribution is 0.476. The summed E-state index contributed by atoms with van der Waals surface area (Å²) in [5.41, 5.74) is 18.9. The smallest absolute Gasteiger partial charge is 0.0653 e. The predicted octanol–water partition coefficient (Wildman–Crippen LogP) is 13.5. The fourth-order valence-corrected chi connectivity index (χ4v) is 9.06. The molecular formula is C50H40N2. The van der Waals surface area contributed by atoms with Crippen molar-refractivity contribution in [3.8, 4) is 44.6 Å². The first-order valence-corrected chi connectivity index (χ1v) is 18.4. The van der Waals surface area contributed by atoms with Crippen molar-refractivity contribution in [1.82, 2.24) is 4.57 Å². The number of hydrogen-bond acceptors (Lipinski definition) is 1. The maximum Gasteiger partial charge on any atom is 0.0653 e. The maximum absolute atomic E-state index is 2.52. The number of benzene rings is 7. The van der Waals surface area contributed by atoms with Crippen LogP contribution < -0.4 is 4.90 Å². The SMILES string of the molecule is CC1(C)c2cc(-c3ccc4c(c3)cc3n4C(C)(C)c4ccccc4-3)ccc2-c2ccc(N(c3ccccc3)c3ccc(-c4ccccc4)cc3)cc21. The molecule has 0 N–H and O–H groups in total. The third-order valence-corrected chi connectivity index (χ3v) is 11.7. The van der Waals surface area contributed by atoms with Gasteiger partial charge in [0, 0.05) is 38.9 Å². The van der Waals surface area contributed by atoms with Gasteiger partial charge in [-0.15, -0.1) is 0 Å². The van der Waals surface area contributed by atoms with E-state index in [-0.39, 0.29) is 11.0 Å². The summed E-state index contributed by atoms with van der Waals surface area (Å²) in [6.07, 6.45) is 0. The molecule has 52 heavy (non-hydrogen) atoms. The molecule has 7 aromatic carbocycles. The van der Waals surface area contributed by atoms with Crippen molar-refractivity contribution >= 4 is 28.0 Å². The molecule has 10 rings (SSSR count). The molecule has 0 saturated carbocycles. The molecule has 250 valence electrons. The Balaban J connectivity index is 1.02. The summed E-state index contributed by atoms with van der Waals surface area (Å²) < 4.78 is 2.52. The highest BCUT2D eigenvalue weighted by atomic mass is 15.1. The Bertz CT molecular complexity index is 2660. The Labute approximate surface area is 306 Å². The van der Waals surface area contributed by atoms with Gasteiger partial charge in [0.25, 0.3) is 0 Å². The van der Waals surface area contributed by atoms with Crippen LogP contribution in [-0.4, -0.2) is 4.57 Å². The van der Waals surface area contributed by atoms with E-state index in [1.54, 1.807) is 0 Å². The molecule has 2 heteroatoms. The molecule has 0 amide bonds. The molecule has 1 aliphatic heterocycles. The van der Waals surface area contributed by atoms with Gasteiger partial charge in [0.05, 0.1) is 11.2 Å². The van der Waals surface area contributed by atoms with Crippen molar-refractivity contribution in [2.75, 3.05) is 4.90 Å². The molecule has 1 aromatic heterocycles. The number of nitrogens with zero attached hydrogens (tertiary/aromatic N) is 2. The molecule has 1 aliphatic carbocycles. The average Bonchev–Trinajstić information content (AvgIpc) is 3.76. The first kappa shape index (κ1) is 30.7. The van der Waals surface area contributed by atoms with Crippen molar-refractivity contribution in [3.05, 3.63) is 187 Å². The molecule has 0 fully saturated rings. The molecule has 0 radical (unpaired) electrons. The van der Waals surface area contributed by atoms with Gasteiger partial charge in [-0.3, -0.25) is 0 Å². The van der Waals surface area contributed by atoms with E-state index in [1.165, 1.54) is 72.2 Å². The minimum Gasteiger partial charge on any atom is -0.331 e. The third-order valence-electron chi connectivity index (χ3n) is 11.7. The van der Waals surface area contributed by atoms with Gasteiger partial charge in [0.2, 0.25) is 0 Å². The molecular weight excluding hydrogens is 629 g/mol. The van der Waals surface area contributed by atoms with Crippen molar-refractivity contribution in [3.63, 3.8) is 0 Å². The van der Waals surface area contributed by atoms with E-state index in [2.05, 4.69) is 207 Å². The second-order valence-electron chi connectivity index (χ2n) is 15.4. The lowest BCUT2D eigenvalue weighted by atomic mass is 9.81. The molecule has 2 aliphatic rings. The Morgan fingerprint density at radius 2 is 0.962 bits per heavy atom. The summed E-state index contributed by atoms with van der Waals surface area (Å²) in [6.45, 7) is 9.44. The zero-order chi connectivity index (χ0) is 35.2. The van der Waals surface area contributed by atoms with E-state index in [0.29, 0.717) is 0 Å². The van der Waals surface area contributed by atoms with Gasteiger partial charge in [0.1, 0.15) is 0 Å². The summed E-state index contributed by atoms with van der Waals surface area (Å²) in [4.78, 5) is 2.38. The second-order valence-corrected chi connectivity index (χ2v) is 15.4. The van der Waals surface area contributed by atoms with E-state index < -0.39 is 0 Å². The zero-order valence-electron chi connectivity index (χ0n) is 30.1. The fourth-order valence-electron chi connectivity index (χ4n) is 9.06. The topological polar surface area (TPSA) is 8.17 Å². The monoisotopic (exact) mass is 668 g/mol. The molecule has 0 bridgehead atoms. The molecule has 0 atom stereocenters. The van der Waals surface area contributed by atoms with Crippen LogP contribution in [0.1, 0.15) is 44.4 Å². The van der Waals surface area contributed by atoms with Gasteiger partial charge in [-0.25, -0.2) is 0 Å². The Kier molecular flexibility index (Phi) is 6.60. The van der Waals surface area contributed by atoms with Gasteiger partial charge in [-0.05, 0) is 125 Å². The number of fused-ring (bicyclic) bond motifs is 8. The third kappa shape index (κ3) is 4.50. The number of para-hydroxylation sites is 1. The highest BCUT2D eigenvalue weighted by molar-refractivity contribution is 5.94. The Morgan fingerprint density at radius 1 is 0.404 bits per heavy atom. The van der Waals surface area contributed by atoms with E-state index in [4.69, 9.17) is 0 Å². The molecule has 0 saturated heterocycles. The first-order chi connectivity index (χ1) is 25.3. The average molecular weight is 669 g/mol. The van der Waals surface area contributed by atoms with Crippen LogP contribution in [0.25, 0.3) is 55.5 Å². The largest absolute Gasteiger partial charge is 0.331 e. The van der Waals surface area contributed by atoms with Crippen molar-refractivity contribution in [1.29, 1.82) is 0 Å². The van der Waals surface area contributed by atoms with Gasteiger partial charge >= 0.3 is 0 Å². The summed E-state index contributed by atoms with van der Waals surface area (Å²) >= 11 is 0. The van der Waals surface area contributed by atoms with Crippen LogP contribution in [0.5, 0.6) is 0 Å². The summed E-state index contributed by atoms with van der Waals surface area (Å²) in [5.74, 6) is 0. The van der Waals surface area contributed by atoms with Crippen molar-refractivity contribution < 1.29 is 0 Å². The lowest BCUT2D eigenvalue weighted by Crippen LogP contribution is -2.23. The number of aromatic nitrogens is 1. The van der Waals surface area contributed by atoms with E-state index >= 15 is 0 Å². The summed E-state index contributed by atoms with van der Waals surface area (Å²) in [6, 6.07) is 62.6. The normalized spacial score (nSPS) is 14.5. The predicted molar refractivity (Wildman–Crippen MR) is 219 cm³/mol. The fraction of sp³-hybridized carbons (Fsp3) is 0.120. The minimum absolute atomic E-state index is 0.0842. The van der Waals surface area contributed by atoms with Crippen LogP contribution in [0.4, 0.5) is 17.1 Å². The Hall–Kier alpha value is -6.12. The number of anilines is 3. The maximum atomic E-state index is 2.52. The van der Waals surface area contributed by atoms with Gasteiger partial charge in [-0.2, -0.15) is 0 Å². The highest BCUT2D eigenvalue weighted by Gasteiger charge is 2.38. The first-order valence-electron chi connectivity index (χ1n) is 18.4. The molecule has 2 nitrogen and oxygen atoms in total. The molecule has 0 unspecified atom stereocenters. The molecule has 0 spiro atoms. The van der Waals surface area contributed by atoms with Gasteiger partial charge in [0.15, 0.2) is 0 Å². The second kappa shape index (κ2) is 11.2. The van der Waals surface area contributed by atoms with Crippen molar-refractivity contribution in [2.24, 2.45) is 0 Å². The van der Waals surface area contributed by atoms with E-state index in [9.17, 15) is 0 Å². The van der Waals surface area contributed by atoms with Crippen LogP contribution in [0.3, 0.4) is 0 Å². The van der Waals surface area contributed by atoms with Gasteiger partial charge < -0.3 is 9.47 Å². The van der Waals surface area contributed by atoms with Gasteiger partial charge in [-0.1, -0.05) is 123 Å². The van der Waals surface area contributed by atoms with E-state index in [0.717, 1.165) is 17.1 Å². The lowest BCUT2D eigenvalue weighted by Gasteiger charge is -2.28. The molecule has 2 heterocycles. The van der Waals surface area contributed by atoms with Crippen LogP contribution in [0.2, 0.25) is 0 Å². The van der Waals surface area contributed by atoms with Crippen LogP contribution >= 0.6 is 0 Å². The zero-order valence-corrected chi connectivity index (χ0v) is 30.1. The minimum atomic E-state index is -0.161. The van der Waals surface area contributed by atoms with Crippen molar-refractivity contribution in [2.45, 2.75) is 38.6 Å². The quantitative estimate of drug-likeness (QED) is 0.177. The highest BCUT2D eigenvalue weighted by Crippen LogP contribution is 2.52. The van der Waals surface area contributed by atoms with E-state index in [1.807, 2.05) is 0 Å². The molecule has 8 aromatic rings. The number of hydrogen-bond donors (Lipinski definition) is 0. The number of rotatable bonds is 5. The van der Waals surface area contributed by atoms with Crippen LogP contribution in [0.15, 0.2) is 170 Å². The standard InChI is InChI=1S/C50H40N2/c1-49(2)45-30-36(35-22-28-47-37(29-35)31-48-43-17-11-12-18-44(43)50(3,4)52(47)48)21-26-41(45)42-27-25-40(32-46(42)49)51(38-15-9-6-10-16-38)39-23-19-34(20-24-39)33-13-7-5-8-14-33/h5-32H,1-4H3. The van der Waals surface area contributed by atoms with Crippen LogP contribution in [-0.2, 0) is 11.0 Å². The summed E-state index contributed by atoms with van der Waals surface area (Å²) in [7, 11) is 0. The van der Waals surface area contributed by atoms with Crippen LogP contribution in [0, 0.1) is 0 Å². The Morgan fingerprint density at radius 3 is 1.73 bits per heavy atom.